The first kappa shape index (κ1) is 12.6. The summed E-state index contributed by atoms with van der Waals surface area (Å²) in [4.78, 5) is 0. The van der Waals surface area contributed by atoms with Crippen molar-refractivity contribution in [3.8, 4) is 0 Å². The summed E-state index contributed by atoms with van der Waals surface area (Å²) in [5, 5.41) is 7.81. The molecule has 0 unspecified atom stereocenters. The molecule has 1 aromatic rings. The standard InChI is InChI=1S/C13H23N3O/c1-3-16-10-12(9-15-16)8-13(4-5-13)11-14-6-7-17-2/h9-10,14H,3-8,11H2,1-2H3. The van der Waals surface area contributed by atoms with Crippen LogP contribution in [0.15, 0.2) is 12.4 Å². The van der Waals surface area contributed by atoms with Crippen LogP contribution >= 0.6 is 0 Å². The van der Waals surface area contributed by atoms with Gasteiger partial charge < -0.3 is 10.1 Å². The van der Waals surface area contributed by atoms with Crippen LogP contribution < -0.4 is 5.32 Å². The molecule has 0 radical (unpaired) electrons. The van der Waals surface area contributed by atoms with E-state index in [-0.39, 0.29) is 0 Å². The quantitative estimate of drug-likeness (QED) is 0.696. The molecule has 0 atom stereocenters. The third-order valence-electron chi connectivity index (χ3n) is 3.53. The highest BCUT2D eigenvalue weighted by atomic mass is 16.5. The fourth-order valence-corrected chi connectivity index (χ4v) is 2.22. The molecule has 1 heterocycles. The molecule has 17 heavy (non-hydrogen) atoms. The van der Waals surface area contributed by atoms with Gasteiger partial charge in [0, 0.05) is 32.9 Å². The number of aromatic nitrogens is 2. The van der Waals surface area contributed by atoms with E-state index >= 15 is 0 Å². The molecule has 4 heteroatoms. The molecule has 0 amide bonds. The molecule has 0 aromatic carbocycles. The highest BCUT2D eigenvalue weighted by Crippen LogP contribution is 2.47. The zero-order valence-corrected chi connectivity index (χ0v) is 10.9. The van der Waals surface area contributed by atoms with E-state index < -0.39 is 0 Å². The van der Waals surface area contributed by atoms with Crippen molar-refractivity contribution < 1.29 is 4.74 Å². The molecule has 2 rings (SSSR count). The van der Waals surface area contributed by atoms with Gasteiger partial charge in [-0.05, 0) is 37.2 Å². The molecule has 0 bridgehead atoms. The average Bonchev–Trinajstić information content (AvgIpc) is 2.94. The predicted octanol–water partition coefficient (Wildman–Crippen LogP) is 1.46. The minimum atomic E-state index is 0.495. The van der Waals surface area contributed by atoms with Crippen molar-refractivity contribution in [1.29, 1.82) is 0 Å². The Bertz CT molecular complexity index is 344. The summed E-state index contributed by atoms with van der Waals surface area (Å²) in [7, 11) is 1.74. The third-order valence-corrected chi connectivity index (χ3v) is 3.53. The van der Waals surface area contributed by atoms with Gasteiger partial charge in [-0.1, -0.05) is 0 Å². The number of hydrogen-bond acceptors (Lipinski definition) is 3. The van der Waals surface area contributed by atoms with E-state index in [0.717, 1.165) is 32.7 Å². The van der Waals surface area contributed by atoms with E-state index in [0.29, 0.717) is 5.41 Å². The molecule has 0 saturated heterocycles. The normalized spacial score (nSPS) is 17.3. The van der Waals surface area contributed by atoms with Crippen LogP contribution in [0.5, 0.6) is 0 Å². The van der Waals surface area contributed by atoms with E-state index in [4.69, 9.17) is 4.74 Å². The van der Waals surface area contributed by atoms with E-state index in [9.17, 15) is 0 Å². The first-order valence-electron chi connectivity index (χ1n) is 6.49. The topological polar surface area (TPSA) is 39.1 Å². The molecule has 0 aliphatic heterocycles. The maximum absolute atomic E-state index is 5.04. The van der Waals surface area contributed by atoms with Crippen LogP contribution in [0.25, 0.3) is 0 Å². The van der Waals surface area contributed by atoms with E-state index in [2.05, 4.69) is 23.5 Å². The number of hydrogen-bond donors (Lipinski definition) is 1. The van der Waals surface area contributed by atoms with Crippen molar-refractivity contribution in [1.82, 2.24) is 15.1 Å². The van der Waals surface area contributed by atoms with Gasteiger partial charge in [0.25, 0.3) is 0 Å². The SMILES string of the molecule is CCn1cc(CC2(CNCCOC)CC2)cn1. The summed E-state index contributed by atoms with van der Waals surface area (Å²) in [6, 6.07) is 0. The smallest absolute Gasteiger partial charge is 0.0587 e. The van der Waals surface area contributed by atoms with Gasteiger partial charge in [-0.15, -0.1) is 0 Å². The largest absolute Gasteiger partial charge is 0.383 e. The van der Waals surface area contributed by atoms with Crippen LogP contribution in [0.4, 0.5) is 0 Å². The Hall–Kier alpha value is -0.870. The van der Waals surface area contributed by atoms with Crippen molar-refractivity contribution in [2.24, 2.45) is 5.41 Å². The van der Waals surface area contributed by atoms with Gasteiger partial charge in [0.15, 0.2) is 0 Å². The second-order valence-electron chi connectivity index (χ2n) is 5.05. The highest BCUT2D eigenvalue weighted by molar-refractivity contribution is 5.12. The minimum absolute atomic E-state index is 0.495. The summed E-state index contributed by atoms with van der Waals surface area (Å²) >= 11 is 0. The van der Waals surface area contributed by atoms with Crippen molar-refractivity contribution in [3.05, 3.63) is 18.0 Å². The van der Waals surface area contributed by atoms with Crippen LogP contribution in [-0.2, 0) is 17.7 Å². The van der Waals surface area contributed by atoms with Gasteiger partial charge in [-0.3, -0.25) is 4.68 Å². The molecule has 1 saturated carbocycles. The van der Waals surface area contributed by atoms with Crippen molar-refractivity contribution in [2.75, 3.05) is 26.8 Å². The van der Waals surface area contributed by atoms with Crippen molar-refractivity contribution >= 4 is 0 Å². The van der Waals surface area contributed by atoms with Crippen LogP contribution in [-0.4, -0.2) is 36.6 Å². The van der Waals surface area contributed by atoms with Gasteiger partial charge in [0.1, 0.15) is 0 Å². The van der Waals surface area contributed by atoms with Crippen molar-refractivity contribution in [2.45, 2.75) is 32.7 Å². The number of ether oxygens (including phenoxy) is 1. The van der Waals surface area contributed by atoms with E-state index in [1.807, 2.05) is 10.9 Å². The van der Waals surface area contributed by atoms with Gasteiger partial charge in [-0.25, -0.2) is 0 Å². The molecule has 1 N–H and O–H groups in total. The molecule has 4 nitrogen and oxygen atoms in total. The number of rotatable bonds is 8. The Balaban J connectivity index is 1.77. The van der Waals surface area contributed by atoms with Crippen LogP contribution in [0.3, 0.4) is 0 Å². The molecule has 96 valence electrons. The second kappa shape index (κ2) is 5.65. The maximum Gasteiger partial charge on any atom is 0.0587 e. The van der Waals surface area contributed by atoms with E-state index in [1.165, 1.54) is 18.4 Å². The highest BCUT2D eigenvalue weighted by Gasteiger charge is 2.42. The van der Waals surface area contributed by atoms with Gasteiger partial charge in [0.05, 0.1) is 12.8 Å². The van der Waals surface area contributed by atoms with Gasteiger partial charge in [0.2, 0.25) is 0 Å². The number of methoxy groups -OCH3 is 1. The number of nitrogens with one attached hydrogen (secondary N) is 1. The molecule has 0 spiro atoms. The molecule has 1 fully saturated rings. The number of nitrogens with zero attached hydrogens (tertiary/aromatic N) is 2. The van der Waals surface area contributed by atoms with Crippen molar-refractivity contribution in [3.63, 3.8) is 0 Å². The summed E-state index contributed by atoms with van der Waals surface area (Å²) < 4.78 is 7.04. The lowest BCUT2D eigenvalue weighted by Gasteiger charge is -2.14. The Morgan fingerprint density at radius 1 is 1.53 bits per heavy atom. The Morgan fingerprint density at radius 2 is 2.35 bits per heavy atom. The minimum Gasteiger partial charge on any atom is -0.383 e. The maximum atomic E-state index is 5.04. The first-order chi connectivity index (χ1) is 8.28. The lowest BCUT2D eigenvalue weighted by molar-refractivity contribution is 0.197. The molecular formula is C13H23N3O. The summed E-state index contributed by atoms with van der Waals surface area (Å²) in [6.45, 7) is 5.93. The van der Waals surface area contributed by atoms with Crippen LogP contribution in [0, 0.1) is 5.41 Å². The van der Waals surface area contributed by atoms with Crippen LogP contribution in [0.2, 0.25) is 0 Å². The third kappa shape index (κ3) is 3.54. The molecular weight excluding hydrogens is 214 g/mol. The molecule has 1 aliphatic carbocycles. The molecule has 1 aliphatic rings. The van der Waals surface area contributed by atoms with Crippen LogP contribution in [0.1, 0.15) is 25.3 Å². The Kier molecular flexibility index (Phi) is 4.18. The monoisotopic (exact) mass is 237 g/mol. The molecule has 1 aromatic heterocycles. The summed E-state index contributed by atoms with van der Waals surface area (Å²) in [5.41, 5.74) is 1.87. The number of aryl methyl sites for hydroxylation is 1. The fraction of sp³-hybridized carbons (Fsp3) is 0.769. The fourth-order valence-electron chi connectivity index (χ4n) is 2.22. The second-order valence-corrected chi connectivity index (χ2v) is 5.05. The summed E-state index contributed by atoms with van der Waals surface area (Å²) in [6.07, 6.45) is 8.02. The zero-order valence-electron chi connectivity index (χ0n) is 10.9. The Morgan fingerprint density at radius 3 is 2.94 bits per heavy atom. The predicted molar refractivity (Wildman–Crippen MR) is 68.0 cm³/mol. The van der Waals surface area contributed by atoms with Gasteiger partial charge in [-0.2, -0.15) is 5.10 Å². The Labute approximate surface area is 103 Å². The lowest BCUT2D eigenvalue weighted by Crippen LogP contribution is -2.28. The first-order valence-corrected chi connectivity index (χ1v) is 6.49. The lowest BCUT2D eigenvalue weighted by atomic mass is 9.98. The zero-order chi connectivity index (χ0) is 12.1. The summed E-state index contributed by atoms with van der Waals surface area (Å²) in [5.74, 6) is 0. The van der Waals surface area contributed by atoms with E-state index in [1.54, 1.807) is 7.11 Å². The average molecular weight is 237 g/mol. The van der Waals surface area contributed by atoms with Gasteiger partial charge >= 0.3 is 0 Å².